The first-order valence-electron chi connectivity index (χ1n) is 5.95. The molecule has 0 saturated carbocycles. The highest BCUT2D eigenvalue weighted by Gasteiger charge is 2.12. The molecule has 88 valence electrons. The van der Waals surface area contributed by atoms with E-state index >= 15 is 0 Å². The quantitative estimate of drug-likeness (QED) is 0.735. The Morgan fingerprint density at radius 2 is 1.88 bits per heavy atom. The minimum Gasteiger partial charge on any atom is -0.355 e. The lowest BCUT2D eigenvalue weighted by Crippen LogP contribution is -2.31. The third kappa shape index (κ3) is 1.88. The van der Waals surface area contributed by atoms with Crippen molar-refractivity contribution in [2.24, 2.45) is 0 Å². The highest BCUT2D eigenvalue weighted by atomic mass is 16.1. The average molecular weight is 230 g/mol. The lowest BCUT2D eigenvalue weighted by atomic mass is 10.1. The number of hydrogen-bond donors (Lipinski definition) is 0. The molecule has 5 heteroatoms. The minimum atomic E-state index is -0.131. The molecule has 0 spiro atoms. The molecule has 3 rings (SSSR count). The first-order valence-corrected chi connectivity index (χ1v) is 5.95. The molecule has 2 aromatic heterocycles. The van der Waals surface area contributed by atoms with E-state index in [1.54, 1.807) is 0 Å². The van der Waals surface area contributed by atoms with Gasteiger partial charge in [-0.2, -0.15) is 4.52 Å². The molecule has 1 aliphatic rings. The molecule has 0 amide bonds. The van der Waals surface area contributed by atoms with Crippen LogP contribution < -0.4 is 10.5 Å². The van der Waals surface area contributed by atoms with Gasteiger partial charge in [0.05, 0.1) is 0 Å². The summed E-state index contributed by atoms with van der Waals surface area (Å²) in [4.78, 5) is 18.0. The normalized spacial score (nSPS) is 16.4. The van der Waals surface area contributed by atoms with Crippen LogP contribution in [-0.2, 0) is 0 Å². The molecular weight excluding hydrogens is 216 g/mol. The Balaban J connectivity index is 2.06. The van der Waals surface area contributed by atoms with Crippen molar-refractivity contribution < 1.29 is 0 Å². The van der Waals surface area contributed by atoms with Crippen molar-refractivity contribution in [3.8, 4) is 0 Å². The van der Waals surface area contributed by atoms with E-state index in [-0.39, 0.29) is 5.56 Å². The van der Waals surface area contributed by atoms with Crippen molar-refractivity contribution >= 4 is 11.5 Å². The summed E-state index contributed by atoms with van der Waals surface area (Å²) in [5, 5.41) is 4.37. The standard InChI is InChI=1S/C12H14N4O/c17-12-6-7-13-10-4-5-11(14-16(10)12)15-8-2-1-3-9-15/h4-7H,1-3,8-9H2. The Labute approximate surface area is 98.7 Å². The van der Waals surface area contributed by atoms with Crippen molar-refractivity contribution in [2.75, 3.05) is 18.0 Å². The lowest BCUT2D eigenvalue weighted by molar-refractivity contribution is 0.569. The third-order valence-corrected chi connectivity index (χ3v) is 3.11. The first kappa shape index (κ1) is 10.3. The maximum atomic E-state index is 11.7. The lowest BCUT2D eigenvalue weighted by Gasteiger charge is -2.27. The predicted molar refractivity (Wildman–Crippen MR) is 65.3 cm³/mol. The fraction of sp³-hybridized carbons (Fsp3) is 0.417. The van der Waals surface area contributed by atoms with Crippen LogP contribution in [0.5, 0.6) is 0 Å². The molecule has 0 bridgehead atoms. The average Bonchev–Trinajstić information content (AvgIpc) is 2.40. The summed E-state index contributed by atoms with van der Waals surface area (Å²) >= 11 is 0. The van der Waals surface area contributed by atoms with Crippen LogP contribution in [-0.4, -0.2) is 27.7 Å². The van der Waals surface area contributed by atoms with Gasteiger partial charge in [-0.25, -0.2) is 4.98 Å². The monoisotopic (exact) mass is 230 g/mol. The van der Waals surface area contributed by atoms with E-state index in [4.69, 9.17) is 0 Å². The van der Waals surface area contributed by atoms with E-state index < -0.39 is 0 Å². The fourth-order valence-corrected chi connectivity index (χ4v) is 2.21. The van der Waals surface area contributed by atoms with E-state index in [0.29, 0.717) is 5.65 Å². The second kappa shape index (κ2) is 4.16. The van der Waals surface area contributed by atoms with E-state index in [1.165, 1.54) is 36.0 Å². The van der Waals surface area contributed by atoms with Gasteiger partial charge in [-0.3, -0.25) is 4.79 Å². The summed E-state index contributed by atoms with van der Waals surface area (Å²) in [6.07, 6.45) is 5.19. The van der Waals surface area contributed by atoms with Crippen LogP contribution in [0.15, 0.2) is 29.2 Å². The van der Waals surface area contributed by atoms with Crippen LogP contribution >= 0.6 is 0 Å². The second-order valence-corrected chi connectivity index (χ2v) is 4.29. The topological polar surface area (TPSA) is 50.5 Å². The molecule has 0 radical (unpaired) electrons. The summed E-state index contributed by atoms with van der Waals surface area (Å²) in [5.41, 5.74) is 0.465. The predicted octanol–water partition coefficient (Wildman–Crippen LogP) is 1.08. The number of hydrogen-bond acceptors (Lipinski definition) is 4. The number of anilines is 1. The van der Waals surface area contributed by atoms with Crippen LogP contribution in [0.4, 0.5) is 5.82 Å². The zero-order valence-electron chi connectivity index (χ0n) is 9.54. The summed E-state index contributed by atoms with van der Waals surface area (Å²) in [6.45, 7) is 2.04. The van der Waals surface area contributed by atoms with Gasteiger partial charge in [-0.1, -0.05) is 0 Å². The van der Waals surface area contributed by atoms with Crippen molar-refractivity contribution in [1.82, 2.24) is 14.6 Å². The van der Waals surface area contributed by atoms with E-state index in [9.17, 15) is 4.79 Å². The maximum absolute atomic E-state index is 11.7. The Morgan fingerprint density at radius 1 is 1.06 bits per heavy atom. The molecular formula is C12H14N4O. The number of aromatic nitrogens is 3. The molecule has 2 aromatic rings. The van der Waals surface area contributed by atoms with Crippen molar-refractivity contribution in [3.63, 3.8) is 0 Å². The van der Waals surface area contributed by atoms with Crippen LogP contribution in [0.2, 0.25) is 0 Å². The Morgan fingerprint density at radius 3 is 2.71 bits per heavy atom. The second-order valence-electron chi connectivity index (χ2n) is 4.29. The summed E-state index contributed by atoms with van der Waals surface area (Å²) in [5.74, 6) is 0.868. The molecule has 3 heterocycles. The molecule has 0 aromatic carbocycles. The van der Waals surface area contributed by atoms with Crippen LogP contribution in [0.25, 0.3) is 5.65 Å². The van der Waals surface area contributed by atoms with Gasteiger partial charge in [0, 0.05) is 25.4 Å². The van der Waals surface area contributed by atoms with Gasteiger partial charge in [-0.05, 0) is 31.4 Å². The van der Waals surface area contributed by atoms with Crippen molar-refractivity contribution in [3.05, 3.63) is 34.7 Å². The first-order chi connectivity index (χ1) is 8.34. The third-order valence-electron chi connectivity index (χ3n) is 3.11. The van der Waals surface area contributed by atoms with Crippen molar-refractivity contribution in [2.45, 2.75) is 19.3 Å². The zero-order chi connectivity index (χ0) is 11.7. The van der Waals surface area contributed by atoms with Gasteiger partial charge in [0.1, 0.15) is 5.82 Å². The SMILES string of the molecule is O=c1ccnc2ccc(N3CCCCC3)nn12. The molecule has 0 atom stereocenters. The Bertz CT molecular complexity index is 586. The van der Waals surface area contributed by atoms with Gasteiger partial charge in [0.2, 0.25) is 0 Å². The number of nitrogens with zero attached hydrogens (tertiary/aromatic N) is 4. The van der Waals surface area contributed by atoms with Gasteiger partial charge < -0.3 is 4.90 Å². The molecule has 0 N–H and O–H groups in total. The van der Waals surface area contributed by atoms with E-state index in [1.807, 2.05) is 12.1 Å². The maximum Gasteiger partial charge on any atom is 0.274 e. The smallest absolute Gasteiger partial charge is 0.274 e. The van der Waals surface area contributed by atoms with Gasteiger partial charge >= 0.3 is 0 Å². The molecule has 0 unspecified atom stereocenters. The summed E-state index contributed by atoms with van der Waals surface area (Å²) in [7, 11) is 0. The number of piperidine rings is 1. The molecule has 17 heavy (non-hydrogen) atoms. The highest BCUT2D eigenvalue weighted by molar-refractivity contribution is 5.45. The number of fused-ring (bicyclic) bond motifs is 1. The molecule has 5 nitrogen and oxygen atoms in total. The van der Waals surface area contributed by atoms with E-state index in [2.05, 4.69) is 15.0 Å². The van der Waals surface area contributed by atoms with Crippen LogP contribution in [0, 0.1) is 0 Å². The highest BCUT2D eigenvalue weighted by Crippen LogP contribution is 2.16. The summed E-state index contributed by atoms with van der Waals surface area (Å²) in [6, 6.07) is 5.21. The van der Waals surface area contributed by atoms with Crippen LogP contribution in [0.1, 0.15) is 19.3 Å². The fourth-order valence-electron chi connectivity index (χ4n) is 2.21. The largest absolute Gasteiger partial charge is 0.355 e. The summed E-state index contributed by atoms with van der Waals surface area (Å²) < 4.78 is 1.37. The molecule has 0 aliphatic carbocycles. The zero-order valence-corrected chi connectivity index (χ0v) is 9.54. The Hall–Kier alpha value is -1.91. The van der Waals surface area contributed by atoms with E-state index in [0.717, 1.165) is 18.9 Å². The van der Waals surface area contributed by atoms with Gasteiger partial charge in [0.15, 0.2) is 5.65 Å². The van der Waals surface area contributed by atoms with Crippen LogP contribution in [0.3, 0.4) is 0 Å². The molecule has 1 aliphatic heterocycles. The van der Waals surface area contributed by atoms with Crippen molar-refractivity contribution in [1.29, 1.82) is 0 Å². The Kier molecular flexibility index (Phi) is 2.51. The number of rotatable bonds is 1. The minimum absolute atomic E-state index is 0.131. The molecule has 1 saturated heterocycles. The molecule has 1 fully saturated rings. The van der Waals surface area contributed by atoms with Gasteiger partial charge in [0.25, 0.3) is 5.56 Å². The van der Waals surface area contributed by atoms with Gasteiger partial charge in [-0.15, -0.1) is 5.10 Å².